The summed E-state index contributed by atoms with van der Waals surface area (Å²) in [5, 5.41) is 12.5. The Bertz CT molecular complexity index is 611. The fraction of sp³-hybridized carbons (Fsp3) is 0.100. The van der Waals surface area contributed by atoms with Gasteiger partial charge in [0.15, 0.2) is 11.6 Å². The molecule has 0 aliphatic rings. The maximum absolute atomic E-state index is 13.5. The van der Waals surface area contributed by atoms with Crippen LogP contribution < -0.4 is 10.6 Å². The average Bonchev–Trinajstić information content (AvgIpc) is 2.82. The van der Waals surface area contributed by atoms with Gasteiger partial charge in [0.25, 0.3) is 5.91 Å². The van der Waals surface area contributed by atoms with E-state index in [0.29, 0.717) is 5.13 Å². The van der Waals surface area contributed by atoms with Gasteiger partial charge in [0.2, 0.25) is 10.1 Å². The normalized spacial score (nSPS) is 10.3. The van der Waals surface area contributed by atoms with Gasteiger partial charge in [-0.2, -0.15) is 0 Å². The van der Waals surface area contributed by atoms with Crippen molar-refractivity contribution in [2.45, 2.75) is 0 Å². The molecule has 2 N–H and O–H groups in total. The van der Waals surface area contributed by atoms with Crippen LogP contribution in [0.25, 0.3) is 0 Å². The number of nitrogens with zero attached hydrogens (tertiary/aromatic N) is 2. The number of hydrogen-bond donors (Lipinski definition) is 2. The summed E-state index contributed by atoms with van der Waals surface area (Å²) < 4.78 is 27.3. The second-order valence-corrected chi connectivity index (χ2v) is 5.25. The number of halogens is 3. The first kappa shape index (κ1) is 13.8. The number of nitrogens with one attached hydrogen (secondary N) is 2. The fourth-order valence-electron chi connectivity index (χ4n) is 1.24. The highest BCUT2D eigenvalue weighted by Gasteiger charge is 2.17. The Balaban J connectivity index is 2.24. The standard InChI is InChI=1S/C10H7BrF2N4OS/c1-14-10-17-16-9(19-10)8(18)15-7-5(12)2-4(11)3-6(7)13/h2-3H,1H3,(H,14,17)(H,15,18). The maximum Gasteiger partial charge on any atom is 0.286 e. The molecular weight excluding hydrogens is 342 g/mol. The molecule has 0 atom stereocenters. The summed E-state index contributed by atoms with van der Waals surface area (Å²) in [4.78, 5) is 11.8. The minimum absolute atomic E-state index is 0.00562. The molecule has 1 aromatic carbocycles. The molecule has 0 fully saturated rings. The highest BCUT2D eigenvalue weighted by Crippen LogP contribution is 2.25. The molecule has 1 aromatic heterocycles. The van der Waals surface area contributed by atoms with E-state index < -0.39 is 23.2 Å². The Hall–Kier alpha value is -1.61. The van der Waals surface area contributed by atoms with Crippen molar-refractivity contribution in [3.8, 4) is 0 Å². The molecule has 1 heterocycles. The zero-order chi connectivity index (χ0) is 14.0. The third-order valence-electron chi connectivity index (χ3n) is 2.08. The van der Waals surface area contributed by atoms with Gasteiger partial charge in [0, 0.05) is 11.5 Å². The SMILES string of the molecule is CNc1nnc(C(=O)Nc2c(F)cc(Br)cc2F)s1. The molecule has 1 amide bonds. The predicted octanol–water partition coefficient (Wildman–Crippen LogP) is 2.87. The van der Waals surface area contributed by atoms with Crippen molar-refractivity contribution < 1.29 is 13.6 Å². The van der Waals surface area contributed by atoms with Crippen LogP contribution in [-0.2, 0) is 0 Å². The number of amides is 1. The Kier molecular flexibility index (Phi) is 4.05. The third-order valence-corrected chi connectivity index (χ3v) is 3.48. The van der Waals surface area contributed by atoms with Crippen molar-refractivity contribution in [3.63, 3.8) is 0 Å². The molecule has 9 heteroatoms. The van der Waals surface area contributed by atoms with E-state index >= 15 is 0 Å². The summed E-state index contributed by atoms with van der Waals surface area (Å²) in [5.41, 5.74) is -0.519. The van der Waals surface area contributed by atoms with Crippen LogP contribution in [-0.4, -0.2) is 23.2 Å². The summed E-state index contributed by atoms with van der Waals surface area (Å²) in [7, 11) is 1.62. The van der Waals surface area contributed by atoms with Gasteiger partial charge in [-0.05, 0) is 12.1 Å². The molecular formula is C10H7BrF2N4OS. The largest absolute Gasteiger partial charge is 0.363 e. The first-order chi connectivity index (χ1) is 9.01. The molecule has 19 heavy (non-hydrogen) atoms. The van der Waals surface area contributed by atoms with Crippen LogP contribution in [0.3, 0.4) is 0 Å². The van der Waals surface area contributed by atoms with Crippen LogP contribution >= 0.6 is 27.3 Å². The minimum atomic E-state index is -0.876. The van der Waals surface area contributed by atoms with E-state index in [1.807, 2.05) is 0 Å². The lowest BCUT2D eigenvalue weighted by atomic mass is 10.3. The highest BCUT2D eigenvalue weighted by molar-refractivity contribution is 9.10. The average molecular weight is 349 g/mol. The van der Waals surface area contributed by atoms with E-state index in [1.54, 1.807) is 7.05 Å². The first-order valence-electron chi connectivity index (χ1n) is 4.98. The molecule has 0 radical (unpaired) electrons. The Morgan fingerprint density at radius 1 is 1.32 bits per heavy atom. The molecule has 0 bridgehead atoms. The van der Waals surface area contributed by atoms with Gasteiger partial charge < -0.3 is 10.6 Å². The molecule has 0 unspecified atom stereocenters. The van der Waals surface area contributed by atoms with Gasteiger partial charge in [-0.15, -0.1) is 10.2 Å². The lowest BCUT2D eigenvalue weighted by Gasteiger charge is -2.06. The zero-order valence-electron chi connectivity index (χ0n) is 9.50. The molecule has 100 valence electrons. The zero-order valence-corrected chi connectivity index (χ0v) is 11.9. The number of carbonyl (C=O) groups excluding carboxylic acids is 1. The van der Waals surface area contributed by atoms with E-state index in [2.05, 4.69) is 36.8 Å². The van der Waals surface area contributed by atoms with E-state index in [0.717, 1.165) is 23.5 Å². The molecule has 0 spiro atoms. The number of benzene rings is 1. The number of rotatable bonds is 3. The molecule has 2 aromatic rings. The van der Waals surface area contributed by atoms with E-state index in [1.165, 1.54) is 0 Å². The lowest BCUT2D eigenvalue weighted by molar-refractivity contribution is 0.102. The predicted molar refractivity (Wildman–Crippen MR) is 71.5 cm³/mol. The first-order valence-corrected chi connectivity index (χ1v) is 6.59. The van der Waals surface area contributed by atoms with Crippen molar-refractivity contribution in [1.29, 1.82) is 0 Å². The van der Waals surface area contributed by atoms with Gasteiger partial charge in [-0.25, -0.2) is 8.78 Å². The molecule has 0 saturated carbocycles. The topological polar surface area (TPSA) is 66.9 Å². The quantitative estimate of drug-likeness (QED) is 0.894. The van der Waals surface area contributed by atoms with E-state index in [-0.39, 0.29) is 9.48 Å². The van der Waals surface area contributed by atoms with Gasteiger partial charge in [0.1, 0.15) is 5.69 Å². The molecule has 0 saturated heterocycles. The van der Waals surface area contributed by atoms with Crippen molar-refractivity contribution in [3.05, 3.63) is 33.2 Å². The third kappa shape index (κ3) is 3.04. The highest BCUT2D eigenvalue weighted by atomic mass is 79.9. The van der Waals surface area contributed by atoms with E-state index in [4.69, 9.17) is 0 Å². The van der Waals surface area contributed by atoms with Crippen molar-refractivity contribution in [2.24, 2.45) is 0 Å². The van der Waals surface area contributed by atoms with Crippen molar-refractivity contribution in [1.82, 2.24) is 10.2 Å². The number of carbonyl (C=O) groups is 1. The summed E-state index contributed by atoms with van der Waals surface area (Å²) in [6, 6.07) is 2.11. The van der Waals surface area contributed by atoms with Crippen LogP contribution in [0.5, 0.6) is 0 Å². The smallest absolute Gasteiger partial charge is 0.286 e. The van der Waals surface area contributed by atoms with Crippen LogP contribution in [0.4, 0.5) is 19.6 Å². The van der Waals surface area contributed by atoms with E-state index in [9.17, 15) is 13.6 Å². The van der Waals surface area contributed by atoms with Crippen LogP contribution in [0.2, 0.25) is 0 Å². The number of aromatic nitrogens is 2. The number of hydrogen-bond acceptors (Lipinski definition) is 5. The molecule has 2 rings (SSSR count). The van der Waals surface area contributed by atoms with Crippen LogP contribution in [0.15, 0.2) is 16.6 Å². The molecule has 0 aliphatic carbocycles. The van der Waals surface area contributed by atoms with Gasteiger partial charge in [0.05, 0.1) is 0 Å². The lowest BCUT2D eigenvalue weighted by Crippen LogP contribution is -2.14. The van der Waals surface area contributed by atoms with Gasteiger partial charge in [-0.1, -0.05) is 27.3 Å². The molecule has 5 nitrogen and oxygen atoms in total. The molecule has 0 aliphatic heterocycles. The minimum Gasteiger partial charge on any atom is -0.363 e. The number of anilines is 2. The second-order valence-electron chi connectivity index (χ2n) is 3.36. The van der Waals surface area contributed by atoms with Crippen molar-refractivity contribution in [2.75, 3.05) is 17.7 Å². The summed E-state index contributed by atoms with van der Waals surface area (Å²) in [6.45, 7) is 0. The van der Waals surface area contributed by atoms with Gasteiger partial charge >= 0.3 is 0 Å². The Morgan fingerprint density at radius 3 is 2.47 bits per heavy atom. The summed E-state index contributed by atoms with van der Waals surface area (Å²) >= 11 is 3.93. The second kappa shape index (κ2) is 5.57. The summed E-state index contributed by atoms with van der Waals surface area (Å²) in [5.74, 6) is -2.48. The maximum atomic E-state index is 13.5. The van der Waals surface area contributed by atoms with Crippen molar-refractivity contribution >= 4 is 44.0 Å². The Morgan fingerprint density at radius 2 is 1.95 bits per heavy atom. The Labute approximate surface area is 119 Å². The summed E-state index contributed by atoms with van der Waals surface area (Å²) in [6.07, 6.45) is 0. The van der Waals surface area contributed by atoms with Crippen LogP contribution in [0.1, 0.15) is 9.80 Å². The fourth-order valence-corrected chi connectivity index (χ4v) is 2.24. The van der Waals surface area contributed by atoms with Gasteiger partial charge in [-0.3, -0.25) is 4.79 Å². The monoisotopic (exact) mass is 348 g/mol. The van der Waals surface area contributed by atoms with Crippen LogP contribution in [0, 0.1) is 11.6 Å².